The minimum absolute atomic E-state index is 0.953. The summed E-state index contributed by atoms with van der Waals surface area (Å²) in [6.07, 6.45) is 1.92. The monoisotopic (exact) mass is 359 g/mol. The van der Waals surface area contributed by atoms with Crippen LogP contribution in [0.1, 0.15) is 12.5 Å². The first kappa shape index (κ1) is 16.7. The van der Waals surface area contributed by atoms with Crippen molar-refractivity contribution in [3.63, 3.8) is 0 Å². The Morgan fingerprint density at radius 1 is 0.923 bits per heavy atom. The molecule has 26 heavy (non-hydrogen) atoms. The summed E-state index contributed by atoms with van der Waals surface area (Å²) in [4.78, 5) is 4.95. The molecule has 3 aromatic carbocycles. The Balaban J connectivity index is 1.61. The van der Waals surface area contributed by atoms with E-state index in [1.165, 1.54) is 21.2 Å². The van der Waals surface area contributed by atoms with E-state index in [0.29, 0.717) is 0 Å². The second-order valence-corrected chi connectivity index (χ2v) is 7.23. The average Bonchev–Trinajstić information content (AvgIpc) is 2.70. The van der Waals surface area contributed by atoms with Crippen LogP contribution in [0.3, 0.4) is 0 Å². The predicted molar refractivity (Wildman–Crippen MR) is 112 cm³/mol. The molecule has 0 radical (unpaired) electrons. The topological polar surface area (TPSA) is 18.8 Å². The SMILES string of the molecule is CCN1c2ccccc2Sc2cc(C=NN(C)c3ccccc3)ccc21. The van der Waals surface area contributed by atoms with Crippen molar-refractivity contribution in [2.24, 2.45) is 5.10 Å². The minimum atomic E-state index is 0.953. The summed E-state index contributed by atoms with van der Waals surface area (Å²) in [5.74, 6) is 0. The second kappa shape index (κ2) is 7.26. The Morgan fingerprint density at radius 3 is 2.46 bits per heavy atom. The van der Waals surface area contributed by atoms with Gasteiger partial charge >= 0.3 is 0 Å². The first-order chi connectivity index (χ1) is 12.8. The minimum Gasteiger partial charge on any atom is -0.340 e. The fraction of sp³-hybridized carbons (Fsp3) is 0.136. The van der Waals surface area contributed by atoms with Crippen molar-refractivity contribution in [2.45, 2.75) is 16.7 Å². The van der Waals surface area contributed by atoms with Crippen LogP contribution in [0.5, 0.6) is 0 Å². The Labute approximate surface area is 159 Å². The summed E-state index contributed by atoms with van der Waals surface area (Å²) in [6.45, 7) is 3.15. The maximum Gasteiger partial charge on any atom is 0.0590 e. The van der Waals surface area contributed by atoms with E-state index < -0.39 is 0 Å². The average molecular weight is 359 g/mol. The quantitative estimate of drug-likeness (QED) is 0.435. The van der Waals surface area contributed by atoms with E-state index in [9.17, 15) is 0 Å². The molecule has 0 unspecified atom stereocenters. The summed E-state index contributed by atoms with van der Waals surface area (Å²) in [7, 11) is 1.97. The van der Waals surface area contributed by atoms with Gasteiger partial charge in [0, 0.05) is 23.4 Å². The van der Waals surface area contributed by atoms with Crippen LogP contribution in [-0.4, -0.2) is 19.8 Å². The van der Waals surface area contributed by atoms with Crippen molar-refractivity contribution < 1.29 is 0 Å². The first-order valence-corrected chi connectivity index (χ1v) is 9.59. The van der Waals surface area contributed by atoms with E-state index >= 15 is 0 Å². The zero-order valence-corrected chi connectivity index (χ0v) is 15.8. The van der Waals surface area contributed by atoms with E-state index in [2.05, 4.69) is 71.5 Å². The molecule has 0 N–H and O–H groups in total. The number of hydrogen-bond donors (Lipinski definition) is 0. The van der Waals surface area contributed by atoms with Gasteiger partial charge in [0.25, 0.3) is 0 Å². The summed E-state index contributed by atoms with van der Waals surface area (Å²) in [5.41, 5.74) is 4.74. The number of fused-ring (bicyclic) bond motifs is 2. The molecule has 0 aliphatic carbocycles. The Bertz CT molecular complexity index is 937. The summed E-state index contributed by atoms with van der Waals surface area (Å²) in [6, 6.07) is 25.3. The molecule has 0 fully saturated rings. The van der Waals surface area contributed by atoms with Crippen LogP contribution in [0, 0.1) is 0 Å². The molecule has 0 amide bonds. The number of para-hydroxylation sites is 2. The van der Waals surface area contributed by atoms with Crippen LogP contribution in [-0.2, 0) is 0 Å². The molecule has 0 atom stereocenters. The molecule has 130 valence electrons. The fourth-order valence-corrected chi connectivity index (χ4v) is 4.28. The molecular formula is C22H21N3S. The molecule has 0 spiro atoms. The largest absolute Gasteiger partial charge is 0.340 e. The predicted octanol–water partition coefficient (Wildman–Crippen LogP) is 5.78. The molecular weight excluding hydrogens is 338 g/mol. The van der Waals surface area contributed by atoms with Crippen LogP contribution in [0.4, 0.5) is 17.1 Å². The molecule has 3 nitrogen and oxygen atoms in total. The highest BCUT2D eigenvalue weighted by Crippen LogP contribution is 2.47. The van der Waals surface area contributed by atoms with Crippen LogP contribution in [0.25, 0.3) is 0 Å². The number of benzene rings is 3. The van der Waals surface area contributed by atoms with Gasteiger partial charge in [0.1, 0.15) is 0 Å². The molecule has 1 aliphatic heterocycles. The van der Waals surface area contributed by atoms with E-state index in [4.69, 9.17) is 0 Å². The molecule has 0 aromatic heterocycles. The zero-order chi connectivity index (χ0) is 17.9. The van der Waals surface area contributed by atoms with Gasteiger partial charge in [-0.2, -0.15) is 5.10 Å². The van der Waals surface area contributed by atoms with Crippen LogP contribution >= 0.6 is 11.8 Å². The standard InChI is InChI=1S/C22H21N3S/c1-3-25-19-11-7-8-12-21(19)26-22-15-17(13-14-20(22)25)16-23-24(2)18-9-5-4-6-10-18/h4-16H,3H2,1-2H3. The number of hydrogen-bond acceptors (Lipinski definition) is 4. The number of rotatable bonds is 4. The van der Waals surface area contributed by atoms with Crippen molar-refractivity contribution in [1.82, 2.24) is 0 Å². The van der Waals surface area contributed by atoms with Gasteiger partial charge in [-0.05, 0) is 48.9 Å². The van der Waals surface area contributed by atoms with Crippen molar-refractivity contribution in [1.29, 1.82) is 0 Å². The van der Waals surface area contributed by atoms with E-state index in [0.717, 1.165) is 17.8 Å². The molecule has 0 saturated heterocycles. The summed E-state index contributed by atoms with van der Waals surface area (Å²) < 4.78 is 0. The number of nitrogens with zero attached hydrogens (tertiary/aromatic N) is 3. The fourth-order valence-electron chi connectivity index (χ4n) is 3.13. The normalized spacial score (nSPS) is 12.8. The van der Waals surface area contributed by atoms with Crippen LogP contribution in [0.15, 0.2) is 87.7 Å². The molecule has 3 aromatic rings. The molecule has 4 heteroatoms. The van der Waals surface area contributed by atoms with Crippen LogP contribution < -0.4 is 9.91 Å². The van der Waals surface area contributed by atoms with Crippen molar-refractivity contribution >= 4 is 35.0 Å². The number of hydrazone groups is 1. The first-order valence-electron chi connectivity index (χ1n) is 8.77. The highest BCUT2D eigenvalue weighted by Gasteiger charge is 2.21. The Morgan fingerprint density at radius 2 is 1.65 bits per heavy atom. The third-order valence-electron chi connectivity index (χ3n) is 4.48. The molecule has 4 rings (SSSR count). The van der Waals surface area contributed by atoms with Gasteiger partial charge in [-0.3, -0.25) is 5.01 Å². The van der Waals surface area contributed by atoms with Crippen molar-refractivity contribution in [3.8, 4) is 0 Å². The maximum absolute atomic E-state index is 4.58. The van der Waals surface area contributed by atoms with Crippen LogP contribution in [0.2, 0.25) is 0 Å². The Hall–Kier alpha value is -2.72. The van der Waals surface area contributed by atoms with E-state index in [1.54, 1.807) is 0 Å². The highest BCUT2D eigenvalue weighted by molar-refractivity contribution is 7.99. The second-order valence-electron chi connectivity index (χ2n) is 6.14. The van der Waals surface area contributed by atoms with E-state index in [1.807, 2.05) is 48.2 Å². The lowest BCUT2D eigenvalue weighted by Gasteiger charge is -2.32. The van der Waals surface area contributed by atoms with Gasteiger partial charge in [0.05, 0.1) is 23.3 Å². The smallest absolute Gasteiger partial charge is 0.0590 e. The van der Waals surface area contributed by atoms with Gasteiger partial charge in [0.15, 0.2) is 0 Å². The third kappa shape index (κ3) is 3.20. The number of anilines is 3. The molecule has 1 aliphatic rings. The maximum atomic E-state index is 4.58. The zero-order valence-electron chi connectivity index (χ0n) is 15.0. The highest BCUT2D eigenvalue weighted by atomic mass is 32.2. The summed E-state index contributed by atoms with van der Waals surface area (Å²) >= 11 is 1.83. The molecule has 0 saturated carbocycles. The lowest BCUT2D eigenvalue weighted by atomic mass is 10.1. The third-order valence-corrected chi connectivity index (χ3v) is 5.59. The van der Waals surface area contributed by atoms with Gasteiger partial charge < -0.3 is 4.90 Å². The molecule has 1 heterocycles. The molecule has 0 bridgehead atoms. The van der Waals surface area contributed by atoms with Gasteiger partial charge in [-0.25, -0.2) is 0 Å². The van der Waals surface area contributed by atoms with Gasteiger partial charge in [-0.1, -0.05) is 48.2 Å². The van der Waals surface area contributed by atoms with Gasteiger partial charge in [0.2, 0.25) is 0 Å². The van der Waals surface area contributed by atoms with Crippen molar-refractivity contribution in [3.05, 3.63) is 78.4 Å². The van der Waals surface area contributed by atoms with Gasteiger partial charge in [-0.15, -0.1) is 0 Å². The van der Waals surface area contributed by atoms with E-state index in [-0.39, 0.29) is 0 Å². The lowest BCUT2D eigenvalue weighted by molar-refractivity contribution is 0.978. The lowest BCUT2D eigenvalue weighted by Crippen LogP contribution is -2.20. The summed E-state index contributed by atoms with van der Waals surface area (Å²) in [5, 5.41) is 6.47. The Kier molecular flexibility index (Phi) is 4.67. The van der Waals surface area contributed by atoms with Crippen molar-refractivity contribution in [2.75, 3.05) is 23.5 Å².